The molecule has 0 aliphatic carbocycles. The first-order valence-corrected chi connectivity index (χ1v) is 9.35. The zero-order valence-corrected chi connectivity index (χ0v) is 15.6. The number of aromatic nitrogens is 1. The number of H-pyrrole nitrogens is 1. The van der Waals surface area contributed by atoms with E-state index in [1.165, 1.54) is 30.3 Å². The van der Waals surface area contributed by atoms with Crippen molar-refractivity contribution in [2.24, 2.45) is 0 Å². The van der Waals surface area contributed by atoms with Crippen LogP contribution in [0.4, 0.5) is 13.2 Å². The summed E-state index contributed by atoms with van der Waals surface area (Å²) < 4.78 is 41.3. The van der Waals surface area contributed by atoms with Crippen LogP contribution in [0, 0.1) is 17.5 Å². The first kappa shape index (κ1) is 20.0. The fourth-order valence-corrected chi connectivity index (χ4v) is 3.64. The van der Waals surface area contributed by atoms with E-state index < -0.39 is 41.4 Å². The first-order chi connectivity index (χ1) is 14.3. The molecular weight excluding hydrogens is 399 g/mol. The molecule has 1 saturated heterocycles. The van der Waals surface area contributed by atoms with Gasteiger partial charge in [-0.2, -0.15) is 0 Å². The van der Waals surface area contributed by atoms with E-state index in [0.717, 1.165) is 6.07 Å². The lowest BCUT2D eigenvalue weighted by atomic mass is 10.0. The van der Waals surface area contributed by atoms with Gasteiger partial charge in [-0.3, -0.25) is 9.59 Å². The second-order valence-electron chi connectivity index (χ2n) is 7.13. The molecule has 2 heterocycles. The van der Waals surface area contributed by atoms with E-state index in [0.29, 0.717) is 22.2 Å². The van der Waals surface area contributed by atoms with Crippen LogP contribution in [0.25, 0.3) is 22.2 Å². The van der Waals surface area contributed by atoms with Gasteiger partial charge in [-0.05, 0) is 53.9 Å². The Balaban J connectivity index is 1.64. The third-order valence-electron chi connectivity index (χ3n) is 5.18. The Bertz CT molecular complexity index is 1130. The number of nitrogens with one attached hydrogen (secondary N) is 3. The lowest BCUT2D eigenvalue weighted by Gasteiger charge is -2.13. The zero-order chi connectivity index (χ0) is 21.4. The monoisotopic (exact) mass is 417 g/mol. The number of fused-ring (bicyclic) bond motifs is 1. The lowest BCUT2D eigenvalue weighted by molar-refractivity contribution is -0.128. The molecule has 1 aliphatic rings. The number of β-amino-alcohol motifs (C(OH)–C–C–N with tert-alkyl or cyclic N) is 1. The molecule has 6 nitrogen and oxygen atoms in total. The molecule has 0 bridgehead atoms. The summed E-state index contributed by atoms with van der Waals surface area (Å²) in [5.74, 6) is -3.44. The van der Waals surface area contributed by atoms with E-state index in [4.69, 9.17) is 0 Å². The predicted molar refractivity (Wildman–Crippen MR) is 103 cm³/mol. The maximum atomic E-state index is 14.3. The zero-order valence-electron chi connectivity index (χ0n) is 15.6. The number of amides is 2. The van der Waals surface area contributed by atoms with Crippen molar-refractivity contribution in [3.05, 3.63) is 59.4 Å². The number of aliphatic hydroxyl groups is 1. The molecule has 3 aromatic rings. The van der Waals surface area contributed by atoms with Gasteiger partial charge in [0.15, 0.2) is 11.6 Å². The Kier molecular flexibility index (Phi) is 5.21. The molecular formula is C21H18F3N3O3. The number of rotatable bonds is 5. The average Bonchev–Trinajstić information content (AvgIpc) is 3.25. The summed E-state index contributed by atoms with van der Waals surface area (Å²) in [5.41, 5.74) is 1.51. The molecule has 1 fully saturated rings. The molecule has 2 amide bonds. The first-order valence-electron chi connectivity index (χ1n) is 9.35. The summed E-state index contributed by atoms with van der Waals surface area (Å²) >= 11 is 0. The van der Waals surface area contributed by atoms with Crippen LogP contribution in [0.15, 0.2) is 36.4 Å². The van der Waals surface area contributed by atoms with Crippen molar-refractivity contribution in [1.82, 2.24) is 15.6 Å². The van der Waals surface area contributed by atoms with Crippen LogP contribution in [-0.2, 0) is 16.0 Å². The van der Waals surface area contributed by atoms with Crippen LogP contribution in [0.1, 0.15) is 12.0 Å². The summed E-state index contributed by atoms with van der Waals surface area (Å²) in [6.07, 6.45) is -0.925. The maximum Gasteiger partial charge on any atom is 0.245 e. The van der Waals surface area contributed by atoms with Gasteiger partial charge in [0.05, 0.1) is 5.52 Å². The van der Waals surface area contributed by atoms with E-state index in [2.05, 4.69) is 15.6 Å². The topological polar surface area (TPSA) is 94.2 Å². The largest absolute Gasteiger partial charge is 0.389 e. The predicted octanol–water partition coefficient (Wildman–Crippen LogP) is 2.16. The second kappa shape index (κ2) is 7.83. The third-order valence-corrected chi connectivity index (χ3v) is 5.18. The van der Waals surface area contributed by atoms with Gasteiger partial charge in [-0.1, -0.05) is 0 Å². The number of carbonyl (C=O) groups is 2. The van der Waals surface area contributed by atoms with Gasteiger partial charge >= 0.3 is 0 Å². The van der Waals surface area contributed by atoms with Gasteiger partial charge in [0.2, 0.25) is 11.8 Å². The highest BCUT2D eigenvalue weighted by Gasteiger charge is 2.34. The summed E-state index contributed by atoms with van der Waals surface area (Å²) in [6, 6.07) is 6.88. The quantitative estimate of drug-likeness (QED) is 0.513. The van der Waals surface area contributed by atoms with E-state index >= 15 is 0 Å². The number of aryl methyl sites for hydroxylation is 1. The van der Waals surface area contributed by atoms with E-state index in [9.17, 15) is 27.9 Å². The summed E-state index contributed by atoms with van der Waals surface area (Å²) in [6.45, 7) is 0.0613. The molecule has 0 unspecified atom stereocenters. The highest BCUT2D eigenvalue weighted by Crippen LogP contribution is 2.33. The van der Waals surface area contributed by atoms with Gasteiger partial charge in [-0.15, -0.1) is 0 Å². The number of carbonyl (C=O) groups excluding carboxylic acids is 2. The van der Waals surface area contributed by atoms with Crippen molar-refractivity contribution < 1.29 is 27.9 Å². The standard InChI is InChI=1S/C21H18F3N3O3/c22-11-3-1-10(2-4-11)18-12(13-5-7-14(23)17(24)19(13)27-18)6-8-16(29)26-20-15(28)9-25-21(20)30/h1-5,7,15,20,27-28H,6,8-9H2,(H,25,30)(H,26,29)/t15-,20+/m1/s1. The molecule has 1 aromatic heterocycles. The van der Waals surface area contributed by atoms with Crippen molar-refractivity contribution in [1.29, 1.82) is 0 Å². The summed E-state index contributed by atoms with van der Waals surface area (Å²) in [7, 11) is 0. The molecule has 0 saturated carbocycles. The lowest BCUT2D eigenvalue weighted by Crippen LogP contribution is -2.45. The number of aliphatic hydroxyl groups excluding tert-OH is 1. The second-order valence-corrected chi connectivity index (χ2v) is 7.13. The average molecular weight is 417 g/mol. The smallest absolute Gasteiger partial charge is 0.245 e. The highest BCUT2D eigenvalue weighted by atomic mass is 19.2. The number of halogens is 3. The van der Waals surface area contributed by atoms with E-state index in [1.54, 1.807) is 0 Å². The van der Waals surface area contributed by atoms with Crippen LogP contribution >= 0.6 is 0 Å². The van der Waals surface area contributed by atoms with Crippen molar-refractivity contribution in [2.75, 3.05) is 6.54 Å². The van der Waals surface area contributed by atoms with Crippen LogP contribution < -0.4 is 10.6 Å². The van der Waals surface area contributed by atoms with Gasteiger partial charge in [0.1, 0.15) is 18.0 Å². The minimum Gasteiger partial charge on any atom is -0.389 e. The number of benzene rings is 2. The fourth-order valence-electron chi connectivity index (χ4n) is 3.64. The minimum absolute atomic E-state index is 0.0460. The Hall–Kier alpha value is -3.33. The Labute approximate surface area is 169 Å². The molecule has 4 rings (SSSR count). The van der Waals surface area contributed by atoms with Crippen molar-refractivity contribution in [2.45, 2.75) is 25.0 Å². The third kappa shape index (κ3) is 3.63. The minimum atomic E-state index is -1.04. The molecule has 9 heteroatoms. The molecule has 2 aromatic carbocycles. The van der Waals surface area contributed by atoms with Crippen molar-refractivity contribution in [3.8, 4) is 11.3 Å². The van der Waals surface area contributed by atoms with Crippen molar-refractivity contribution >= 4 is 22.7 Å². The van der Waals surface area contributed by atoms with Gasteiger partial charge in [0, 0.05) is 24.0 Å². The Morgan fingerprint density at radius 3 is 2.53 bits per heavy atom. The van der Waals surface area contributed by atoms with Gasteiger partial charge in [0.25, 0.3) is 0 Å². The van der Waals surface area contributed by atoms with Gasteiger partial charge in [-0.25, -0.2) is 13.2 Å². The highest BCUT2D eigenvalue weighted by molar-refractivity contribution is 5.93. The van der Waals surface area contributed by atoms with E-state index in [-0.39, 0.29) is 24.9 Å². The molecule has 156 valence electrons. The Morgan fingerprint density at radius 2 is 1.87 bits per heavy atom. The summed E-state index contributed by atoms with van der Waals surface area (Å²) in [4.78, 5) is 26.9. The molecule has 2 atom stereocenters. The summed E-state index contributed by atoms with van der Waals surface area (Å²) in [5, 5.41) is 15.1. The number of hydrogen-bond acceptors (Lipinski definition) is 3. The maximum absolute atomic E-state index is 14.3. The van der Waals surface area contributed by atoms with Crippen molar-refractivity contribution in [3.63, 3.8) is 0 Å². The molecule has 1 aliphatic heterocycles. The van der Waals surface area contributed by atoms with Gasteiger partial charge < -0.3 is 20.7 Å². The SMILES string of the molecule is O=C(CCc1c(-c2ccc(F)cc2)[nH]c2c(F)c(F)ccc12)N[C@@H]1C(=O)NC[C@H]1O. The van der Waals surface area contributed by atoms with Crippen LogP contribution in [0.2, 0.25) is 0 Å². The molecule has 30 heavy (non-hydrogen) atoms. The Morgan fingerprint density at radius 1 is 1.13 bits per heavy atom. The van der Waals surface area contributed by atoms with Crippen LogP contribution in [0.5, 0.6) is 0 Å². The molecule has 4 N–H and O–H groups in total. The normalized spacial score (nSPS) is 18.6. The fraction of sp³-hybridized carbons (Fsp3) is 0.238. The van der Waals surface area contributed by atoms with Crippen LogP contribution in [0.3, 0.4) is 0 Å². The number of hydrogen-bond donors (Lipinski definition) is 4. The number of aromatic amines is 1. The molecule has 0 spiro atoms. The van der Waals surface area contributed by atoms with Crippen LogP contribution in [-0.4, -0.2) is 40.6 Å². The van der Waals surface area contributed by atoms with E-state index in [1.807, 2.05) is 0 Å². The molecule has 0 radical (unpaired) electrons.